The summed E-state index contributed by atoms with van der Waals surface area (Å²) in [5.41, 5.74) is 8.26. The topological polar surface area (TPSA) is 61.0 Å². The van der Waals surface area contributed by atoms with E-state index in [0.29, 0.717) is 5.92 Å². The first kappa shape index (κ1) is 11.1. The van der Waals surface area contributed by atoms with Crippen LogP contribution in [0.5, 0.6) is 0 Å². The Labute approximate surface area is 102 Å². The van der Waals surface area contributed by atoms with Crippen molar-refractivity contribution in [2.24, 2.45) is 5.73 Å². The molecule has 1 aliphatic carbocycles. The fraction of sp³-hybridized carbons (Fsp3) is 0.692. The molecule has 1 aliphatic heterocycles. The van der Waals surface area contributed by atoms with Gasteiger partial charge in [-0.1, -0.05) is 0 Å². The third-order valence-corrected chi connectivity index (χ3v) is 3.86. The summed E-state index contributed by atoms with van der Waals surface area (Å²) in [6.07, 6.45) is 6.17. The summed E-state index contributed by atoms with van der Waals surface area (Å²) in [5.74, 6) is 1.27. The third-order valence-electron chi connectivity index (χ3n) is 3.86. The average molecular weight is 233 g/mol. The highest BCUT2D eigenvalue weighted by Crippen LogP contribution is 2.33. The van der Waals surface area contributed by atoms with Crippen molar-refractivity contribution in [2.75, 3.05) is 13.2 Å². The molecule has 0 radical (unpaired) electrons. The Kier molecular flexibility index (Phi) is 2.64. The average Bonchev–Trinajstić information content (AvgIpc) is 2.66. The zero-order valence-corrected chi connectivity index (χ0v) is 10.3. The molecule has 1 aromatic rings. The van der Waals surface area contributed by atoms with E-state index in [9.17, 15) is 0 Å². The van der Waals surface area contributed by atoms with Crippen molar-refractivity contribution < 1.29 is 4.74 Å². The summed E-state index contributed by atoms with van der Waals surface area (Å²) in [4.78, 5) is 9.21. The molecule has 92 valence electrons. The molecule has 0 spiro atoms. The number of rotatable bonds is 1. The lowest BCUT2D eigenvalue weighted by Gasteiger charge is -2.23. The van der Waals surface area contributed by atoms with Gasteiger partial charge in [0.25, 0.3) is 0 Å². The fourth-order valence-corrected chi connectivity index (χ4v) is 2.75. The smallest absolute Gasteiger partial charge is 0.134 e. The van der Waals surface area contributed by atoms with Gasteiger partial charge in [0.2, 0.25) is 0 Å². The van der Waals surface area contributed by atoms with E-state index < -0.39 is 0 Å². The van der Waals surface area contributed by atoms with Gasteiger partial charge in [0, 0.05) is 18.7 Å². The molecule has 0 saturated carbocycles. The van der Waals surface area contributed by atoms with Gasteiger partial charge in [-0.2, -0.15) is 0 Å². The van der Waals surface area contributed by atoms with Crippen molar-refractivity contribution in [1.29, 1.82) is 0 Å². The molecule has 0 bridgehead atoms. The van der Waals surface area contributed by atoms with Gasteiger partial charge in [-0.25, -0.2) is 9.97 Å². The molecule has 0 amide bonds. The first-order valence-corrected chi connectivity index (χ1v) is 6.40. The summed E-state index contributed by atoms with van der Waals surface area (Å²) in [6, 6.07) is 0. The van der Waals surface area contributed by atoms with Gasteiger partial charge in [-0.05, 0) is 38.2 Å². The third kappa shape index (κ3) is 1.96. The molecule has 2 N–H and O–H groups in total. The highest BCUT2D eigenvalue weighted by molar-refractivity contribution is 5.30. The van der Waals surface area contributed by atoms with Crippen LogP contribution in [0.2, 0.25) is 0 Å². The summed E-state index contributed by atoms with van der Waals surface area (Å²) in [6.45, 7) is 3.68. The lowest BCUT2D eigenvalue weighted by molar-refractivity contribution is 0.0779. The Bertz CT molecular complexity index is 425. The van der Waals surface area contributed by atoms with E-state index in [0.717, 1.165) is 50.4 Å². The lowest BCUT2D eigenvalue weighted by Crippen LogP contribution is -2.31. The number of nitrogens with zero attached hydrogens (tertiary/aromatic N) is 2. The van der Waals surface area contributed by atoms with E-state index in [4.69, 9.17) is 15.5 Å². The Morgan fingerprint density at radius 3 is 3.18 bits per heavy atom. The van der Waals surface area contributed by atoms with Crippen LogP contribution >= 0.6 is 0 Å². The molecule has 2 aliphatic rings. The van der Waals surface area contributed by atoms with Crippen molar-refractivity contribution in [3.05, 3.63) is 23.3 Å². The number of aryl methyl sites for hydroxylation is 1. The molecule has 1 saturated heterocycles. The molecule has 1 aromatic heterocycles. The normalized spacial score (nSPS) is 32.5. The Balaban J connectivity index is 1.92. The fourth-order valence-electron chi connectivity index (χ4n) is 2.75. The Hall–Kier alpha value is -1.00. The van der Waals surface area contributed by atoms with Gasteiger partial charge >= 0.3 is 0 Å². The van der Waals surface area contributed by atoms with E-state index in [1.54, 1.807) is 0 Å². The van der Waals surface area contributed by atoms with Crippen LogP contribution in [-0.2, 0) is 16.7 Å². The molecule has 2 unspecified atom stereocenters. The van der Waals surface area contributed by atoms with Gasteiger partial charge in [0.15, 0.2) is 0 Å². The maximum Gasteiger partial charge on any atom is 0.134 e. The second-order valence-corrected chi connectivity index (χ2v) is 5.43. The predicted octanol–water partition coefficient (Wildman–Crippen LogP) is 1.49. The zero-order valence-electron chi connectivity index (χ0n) is 10.3. The van der Waals surface area contributed by atoms with Crippen LogP contribution in [0.15, 0.2) is 6.20 Å². The molecule has 4 heteroatoms. The quantitative estimate of drug-likeness (QED) is 0.798. The minimum absolute atomic E-state index is 0.275. The maximum absolute atomic E-state index is 6.27. The van der Waals surface area contributed by atoms with Gasteiger partial charge in [0.1, 0.15) is 5.82 Å². The van der Waals surface area contributed by atoms with Gasteiger partial charge in [-0.3, -0.25) is 0 Å². The summed E-state index contributed by atoms with van der Waals surface area (Å²) in [5, 5.41) is 0. The summed E-state index contributed by atoms with van der Waals surface area (Å²) in [7, 11) is 0. The lowest BCUT2D eigenvalue weighted by atomic mass is 9.99. The molecular weight excluding hydrogens is 214 g/mol. The van der Waals surface area contributed by atoms with Crippen molar-refractivity contribution in [3.63, 3.8) is 0 Å². The van der Waals surface area contributed by atoms with Gasteiger partial charge in [0.05, 0.1) is 17.8 Å². The van der Waals surface area contributed by atoms with E-state index in [-0.39, 0.29) is 5.54 Å². The SMILES string of the molecule is CC1(N)CCc2cnc(C3CCCOC3)nc21. The molecule has 3 rings (SSSR count). The number of nitrogens with two attached hydrogens (primary N) is 1. The first-order chi connectivity index (χ1) is 8.17. The van der Waals surface area contributed by atoms with E-state index >= 15 is 0 Å². The molecule has 0 aromatic carbocycles. The predicted molar refractivity (Wildman–Crippen MR) is 64.7 cm³/mol. The van der Waals surface area contributed by atoms with Crippen molar-refractivity contribution in [3.8, 4) is 0 Å². The van der Waals surface area contributed by atoms with E-state index in [1.165, 1.54) is 5.56 Å². The number of aromatic nitrogens is 2. The molecule has 4 nitrogen and oxygen atoms in total. The molecular formula is C13H19N3O. The van der Waals surface area contributed by atoms with Gasteiger partial charge < -0.3 is 10.5 Å². The van der Waals surface area contributed by atoms with Crippen LogP contribution in [0.1, 0.15) is 49.2 Å². The van der Waals surface area contributed by atoms with E-state index in [1.807, 2.05) is 6.20 Å². The van der Waals surface area contributed by atoms with Crippen LogP contribution in [-0.4, -0.2) is 23.2 Å². The minimum atomic E-state index is -0.275. The molecule has 2 heterocycles. The minimum Gasteiger partial charge on any atom is -0.381 e. The number of hydrogen-bond acceptors (Lipinski definition) is 4. The van der Waals surface area contributed by atoms with Crippen molar-refractivity contribution in [2.45, 2.75) is 44.1 Å². The van der Waals surface area contributed by atoms with Gasteiger partial charge in [-0.15, -0.1) is 0 Å². The van der Waals surface area contributed by atoms with Crippen LogP contribution in [0.3, 0.4) is 0 Å². The zero-order chi connectivity index (χ0) is 11.9. The maximum atomic E-state index is 6.27. The summed E-state index contributed by atoms with van der Waals surface area (Å²) >= 11 is 0. The van der Waals surface area contributed by atoms with Crippen LogP contribution in [0, 0.1) is 0 Å². The Morgan fingerprint density at radius 1 is 1.53 bits per heavy atom. The van der Waals surface area contributed by atoms with Crippen LogP contribution in [0.4, 0.5) is 0 Å². The largest absolute Gasteiger partial charge is 0.381 e. The summed E-state index contributed by atoms with van der Waals surface area (Å²) < 4.78 is 5.50. The Morgan fingerprint density at radius 2 is 2.41 bits per heavy atom. The van der Waals surface area contributed by atoms with Crippen molar-refractivity contribution in [1.82, 2.24) is 9.97 Å². The second kappa shape index (κ2) is 4.03. The van der Waals surface area contributed by atoms with Crippen molar-refractivity contribution >= 4 is 0 Å². The highest BCUT2D eigenvalue weighted by Gasteiger charge is 2.33. The highest BCUT2D eigenvalue weighted by atomic mass is 16.5. The first-order valence-electron chi connectivity index (χ1n) is 6.40. The number of ether oxygens (including phenoxy) is 1. The monoisotopic (exact) mass is 233 g/mol. The number of fused-ring (bicyclic) bond motifs is 1. The van der Waals surface area contributed by atoms with Crippen LogP contribution < -0.4 is 5.73 Å². The second-order valence-electron chi connectivity index (χ2n) is 5.43. The number of hydrogen-bond donors (Lipinski definition) is 1. The standard InChI is InChI=1S/C13H19N3O/c1-13(14)5-4-9-7-15-12(16-11(9)13)10-3-2-6-17-8-10/h7,10H,2-6,8,14H2,1H3. The molecule has 1 fully saturated rings. The van der Waals surface area contributed by atoms with E-state index in [2.05, 4.69) is 11.9 Å². The molecule has 2 atom stereocenters. The molecule has 17 heavy (non-hydrogen) atoms. The van der Waals surface area contributed by atoms with Crippen LogP contribution in [0.25, 0.3) is 0 Å².